The SMILES string of the molecule is N#Cc1ccc2c(c1)C1(CCCCC1)c1cc(-c3ccc(-c4cccc(-c5nc(-c6ccccc6)nc(-c6ccccc6)n5)c4)cc3)ccc1-2. The normalized spacial score (nSPS) is 14.1. The van der Waals surface area contributed by atoms with Gasteiger partial charge in [0.2, 0.25) is 0 Å². The van der Waals surface area contributed by atoms with Crippen LogP contribution in [0.3, 0.4) is 0 Å². The monoisotopic (exact) mass is 642 g/mol. The Morgan fingerprint density at radius 3 is 1.50 bits per heavy atom. The van der Waals surface area contributed by atoms with E-state index in [1.165, 1.54) is 52.6 Å². The van der Waals surface area contributed by atoms with Crippen molar-refractivity contribution in [3.8, 4) is 73.6 Å². The van der Waals surface area contributed by atoms with E-state index in [9.17, 15) is 5.26 Å². The van der Waals surface area contributed by atoms with Gasteiger partial charge in [0.15, 0.2) is 17.5 Å². The summed E-state index contributed by atoms with van der Waals surface area (Å²) in [6.07, 6.45) is 6.00. The maximum atomic E-state index is 9.69. The molecule has 0 unspecified atom stereocenters. The van der Waals surface area contributed by atoms with Crippen molar-refractivity contribution in [3.63, 3.8) is 0 Å². The largest absolute Gasteiger partial charge is 0.208 e. The molecule has 1 spiro atoms. The Morgan fingerprint density at radius 2 is 0.900 bits per heavy atom. The van der Waals surface area contributed by atoms with Gasteiger partial charge in [-0.05, 0) is 81.6 Å². The van der Waals surface area contributed by atoms with Gasteiger partial charge in [-0.15, -0.1) is 0 Å². The van der Waals surface area contributed by atoms with Crippen LogP contribution in [0.5, 0.6) is 0 Å². The molecule has 1 saturated carbocycles. The van der Waals surface area contributed by atoms with E-state index in [0.29, 0.717) is 17.5 Å². The number of hydrogen-bond donors (Lipinski definition) is 0. The summed E-state index contributed by atoms with van der Waals surface area (Å²) in [7, 11) is 0. The van der Waals surface area contributed by atoms with Crippen LogP contribution in [0.15, 0.2) is 146 Å². The summed E-state index contributed by atoms with van der Waals surface area (Å²) in [6, 6.07) is 53.2. The molecule has 238 valence electrons. The highest BCUT2D eigenvalue weighted by Crippen LogP contribution is 2.56. The van der Waals surface area contributed by atoms with Crippen molar-refractivity contribution in [3.05, 3.63) is 162 Å². The number of nitrogens with zero attached hydrogens (tertiary/aromatic N) is 4. The molecule has 2 aliphatic carbocycles. The fourth-order valence-corrected chi connectivity index (χ4v) is 8.07. The lowest BCUT2D eigenvalue weighted by Crippen LogP contribution is -2.28. The Balaban J connectivity index is 1.06. The lowest BCUT2D eigenvalue weighted by atomic mass is 9.67. The standard InChI is InChI=1S/C46H34N4/c47-30-31-17-23-39-40-24-22-37(29-42(40)46(41(39)27-31)25-8-3-9-26-46)33-20-18-32(19-21-33)36-15-10-16-38(28-36)45-49-43(34-11-4-1-5-12-34)48-44(50-45)35-13-6-2-7-14-35/h1-2,4-7,10-24,27-29H,3,8-9,25-26H2. The van der Waals surface area contributed by atoms with Crippen molar-refractivity contribution in [2.45, 2.75) is 37.5 Å². The number of hydrogen-bond acceptors (Lipinski definition) is 4. The van der Waals surface area contributed by atoms with Crippen molar-refractivity contribution < 1.29 is 0 Å². The molecule has 7 aromatic rings. The zero-order valence-electron chi connectivity index (χ0n) is 27.7. The summed E-state index contributed by atoms with van der Waals surface area (Å²) in [5.41, 5.74) is 13.7. The van der Waals surface area contributed by atoms with E-state index in [-0.39, 0.29) is 5.41 Å². The van der Waals surface area contributed by atoms with E-state index in [0.717, 1.165) is 46.2 Å². The predicted molar refractivity (Wildman–Crippen MR) is 201 cm³/mol. The van der Waals surface area contributed by atoms with Crippen molar-refractivity contribution in [1.29, 1.82) is 5.26 Å². The average Bonchev–Trinajstić information content (AvgIpc) is 3.45. The second-order valence-corrected chi connectivity index (χ2v) is 13.5. The Hall–Kier alpha value is -6.18. The molecule has 1 heterocycles. The van der Waals surface area contributed by atoms with Gasteiger partial charge < -0.3 is 0 Å². The van der Waals surface area contributed by atoms with Gasteiger partial charge in [-0.3, -0.25) is 0 Å². The van der Waals surface area contributed by atoms with E-state index in [1.807, 2.05) is 66.7 Å². The minimum atomic E-state index is 0.00193. The zero-order valence-corrected chi connectivity index (χ0v) is 27.7. The van der Waals surface area contributed by atoms with Crippen molar-refractivity contribution >= 4 is 0 Å². The van der Waals surface area contributed by atoms with Crippen LogP contribution >= 0.6 is 0 Å². The van der Waals surface area contributed by atoms with Crippen LogP contribution in [0.25, 0.3) is 67.5 Å². The van der Waals surface area contributed by atoms with E-state index < -0.39 is 0 Å². The first-order valence-corrected chi connectivity index (χ1v) is 17.5. The van der Waals surface area contributed by atoms with E-state index in [2.05, 4.69) is 84.9 Å². The summed E-state index contributed by atoms with van der Waals surface area (Å²) >= 11 is 0. The minimum absolute atomic E-state index is 0.00193. The summed E-state index contributed by atoms with van der Waals surface area (Å²) in [5.74, 6) is 1.96. The Kier molecular flexibility index (Phi) is 7.40. The summed E-state index contributed by atoms with van der Waals surface area (Å²) in [6.45, 7) is 0. The number of fused-ring (bicyclic) bond motifs is 5. The first kappa shape index (κ1) is 29.9. The molecule has 2 aliphatic rings. The number of rotatable bonds is 5. The van der Waals surface area contributed by atoms with Crippen LogP contribution < -0.4 is 0 Å². The van der Waals surface area contributed by atoms with Crippen LogP contribution in [0.4, 0.5) is 0 Å². The maximum Gasteiger partial charge on any atom is 0.164 e. The molecule has 0 radical (unpaired) electrons. The average molecular weight is 643 g/mol. The predicted octanol–water partition coefficient (Wildman–Crippen LogP) is 11.3. The lowest BCUT2D eigenvalue weighted by Gasteiger charge is -2.36. The molecule has 0 saturated heterocycles. The van der Waals surface area contributed by atoms with Crippen LogP contribution in [0, 0.1) is 11.3 Å². The van der Waals surface area contributed by atoms with Crippen LogP contribution in [0.2, 0.25) is 0 Å². The van der Waals surface area contributed by atoms with E-state index in [4.69, 9.17) is 15.0 Å². The van der Waals surface area contributed by atoms with Gasteiger partial charge in [-0.25, -0.2) is 15.0 Å². The topological polar surface area (TPSA) is 62.5 Å². The number of nitriles is 1. The highest BCUT2D eigenvalue weighted by Gasteiger charge is 2.44. The first-order chi connectivity index (χ1) is 24.7. The highest BCUT2D eigenvalue weighted by molar-refractivity contribution is 5.85. The molecule has 6 aromatic carbocycles. The number of benzene rings is 6. The molecule has 4 heteroatoms. The van der Waals surface area contributed by atoms with Gasteiger partial charge in [0.1, 0.15) is 0 Å². The summed E-state index contributed by atoms with van der Waals surface area (Å²) in [4.78, 5) is 14.7. The molecule has 1 fully saturated rings. The lowest BCUT2D eigenvalue weighted by molar-refractivity contribution is 0.353. The third-order valence-electron chi connectivity index (χ3n) is 10.6. The zero-order chi connectivity index (χ0) is 33.5. The molecule has 1 aromatic heterocycles. The third kappa shape index (κ3) is 5.19. The third-order valence-corrected chi connectivity index (χ3v) is 10.6. The van der Waals surface area contributed by atoms with E-state index in [1.54, 1.807) is 0 Å². The molecular weight excluding hydrogens is 609 g/mol. The van der Waals surface area contributed by atoms with Crippen molar-refractivity contribution in [2.75, 3.05) is 0 Å². The molecule has 0 aliphatic heterocycles. The van der Waals surface area contributed by atoms with Gasteiger partial charge in [0.25, 0.3) is 0 Å². The Bertz CT molecular complexity index is 2340. The van der Waals surface area contributed by atoms with Gasteiger partial charge in [-0.2, -0.15) is 5.26 Å². The molecule has 50 heavy (non-hydrogen) atoms. The minimum Gasteiger partial charge on any atom is -0.208 e. The van der Waals surface area contributed by atoms with Gasteiger partial charge in [-0.1, -0.05) is 141 Å². The van der Waals surface area contributed by atoms with E-state index >= 15 is 0 Å². The molecule has 0 bridgehead atoms. The van der Waals surface area contributed by atoms with Crippen LogP contribution in [-0.2, 0) is 5.41 Å². The van der Waals surface area contributed by atoms with Crippen molar-refractivity contribution in [2.24, 2.45) is 0 Å². The molecule has 0 N–H and O–H groups in total. The van der Waals surface area contributed by atoms with Gasteiger partial charge in [0.05, 0.1) is 11.6 Å². The highest BCUT2D eigenvalue weighted by atomic mass is 15.0. The Morgan fingerprint density at radius 1 is 0.420 bits per heavy atom. The second kappa shape index (κ2) is 12.4. The number of aromatic nitrogens is 3. The smallest absolute Gasteiger partial charge is 0.164 e. The summed E-state index contributed by atoms with van der Waals surface area (Å²) < 4.78 is 0. The quantitative estimate of drug-likeness (QED) is 0.187. The van der Waals surface area contributed by atoms with Crippen LogP contribution in [0.1, 0.15) is 48.8 Å². The maximum absolute atomic E-state index is 9.69. The second-order valence-electron chi connectivity index (χ2n) is 13.5. The van der Waals surface area contributed by atoms with Crippen molar-refractivity contribution in [1.82, 2.24) is 15.0 Å². The molecule has 4 nitrogen and oxygen atoms in total. The molecule has 0 amide bonds. The fraction of sp³-hybridized carbons (Fsp3) is 0.130. The van der Waals surface area contributed by atoms with Gasteiger partial charge in [0, 0.05) is 22.1 Å². The first-order valence-electron chi connectivity index (χ1n) is 17.5. The molecule has 9 rings (SSSR count). The Labute approximate surface area is 292 Å². The van der Waals surface area contributed by atoms with Gasteiger partial charge >= 0.3 is 0 Å². The molecular formula is C46H34N4. The molecule has 0 atom stereocenters. The fourth-order valence-electron chi connectivity index (χ4n) is 8.07. The summed E-state index contributed by atoms with van der Waals surface area (Å²) in [5, 5.41) is 9.69. The van der Waals surface area contributed by atoms with Crippen LogP contribution in [-0.4, -0.2) is 15.0 Å².